The predicted molar refractivity (Wildman–Crippen MR) is 109 cm³/mol. The van der Waals surface area contributed by atoms with E-state index in [4.69, 9.17) is 9.47 Å². The molecule has 2 aromatic heterocycles. The Balaban J connectivity index is 1.83. The number of H-pyrrole nitrogens is 1. The molecule has 4 rings (SSSR count). The summed E-state index contributed by atoms with van der Waals surface area (Å²) in [5, 5.41) is 26.2. The van der Waals surface area contributed by atoms with Gasteiger partial charge >= 0.3 is 0 Å². The normalized spacial score (nSPS) is 10.8. The van der Waals surface area contributed by atoms with Crippen LogP contribution in [-0.2, 0) is 0 Å². The van der Waals surface area contributed by atoms with Crippen molar-refractivity contribution in [3.05, 3.63) is 41.3 Å². The predicted octanol–water partition coefficient (Wildman–Crippen LogP) is 3.54. The number of amides is 1. The van der Waals surface area contributed by atoms with E-state index in [1.807, 2.05) is 12.1 Å². The van der Waals surface area contributed by atoms with E-state index in [2.05, 4.69) is 25.9 Å². The second-order valence-corrected chi connectivity index (χ2v) is 7.90. The average Bonchev–Trinajstić information content (AvgIpc) is 3.36. The number of benzene rings is 2. The fourth-order valence-corrected chi connectivity index (χ4v) is 4.95. The molecule has 0 bridgehead atoms. The van der Waals surface area contributed by atoms with E-state index in [1.165, 1.54) is 23.1 Å². The molecule has 0 aliphatic rings. The molecule has 0 radical (unpaired) electrons. The van der Waals surface area contributed by atoms with Crippen LogP contribution in [0.4, 0.5) is 5.95 Å². The van der Waals surface area contributed by atoms with E-state index in [0.717, 1.165) is 19.9 Å². The fourth-order valence-electron chi connectivity index (χ4n) is 2.66. The van der Waals surface area contributed by atoms with Crippen LogP contribution in [0.2, 0.25) is 0 Å². The highest BCUT2D eigenvalue weighted by Crippen LogP contribution is 2.45. The first-order valence-corrected chi connectivity index (χ1v) is 9.93. The maximum atomic E-state index is 12.9. The number of ether oxygens (including phenoxy) is 2. The lowest BCUT2D eigenvalue weighted by atomic mass is 10.2. The van der Waals surface area contributed by atoms with E-state index < -0.39 is 0 Å². The van der Waals surface area contributed by atoms with E-state index >= 15 is 0 Å². The number of phenolic OH excluding ortho intramolecular Hbond substituents is 1. The number of thiophene rings is 1. The maximum Gasteiger partial charge on any atom is 0.269 e. The topological polar surface area (TPSA) is 122 Å². The Hall–Kier alpha value is -3.31. The summed E-state index contributed by atoms with van der Waals surface area (Å²) in [4.78, 5) is 15.0. The monoisotopic (exact) mass is 429 g/mol. The third kappa shape index (κ3) is 3.82. The van der Waals surface area contributed by atoms with Gasteiger partial charge in [0.2, 0.25) is 5.95 Å². The van der Waals surface area contributed by atoms with Crippen molar-refractivity contribution in [3.63, 3.8) is 0 Å². The van der Waals surface area contributed by atoms with E-state index in [9.17, 15) is 9.90 Å². The molecule has 0 fully saturated rings. The number of hydrogen-bond acceptors (Lipinski definition) is 9. The highest BCUT2D eigenvalue weighted by molar-refractivity contribution is 7.99. The first-order chi connectivity index (χ1) is 14.1. The van der Waals surface area contributed by atoms with Crippen LogP contribution in [0.1, 0.15) is 9.67 Å². The van der Waals surface area contributed by atoms with Gasteiger partial charge in [0.05, 0.1) is 14.2 Å². The maximum absolute atomic E-state index is 12.9. The van der Waals surface area contributed by atoms with Crippen LogP contribution < -0.4 is 14.8 Å². The smallest absolute Gasteiger partial charge is 0.269 e. The first-order valence-electron chi connectivity index (χ1n) is 8.29. The number of carbonyl (C=O) groups is 1. The molecule has 3 N–H and O–H groups in total. The van der Waals surface area contributed by atoms with Crippen molar-refractivity contribution in [1.82, 2.24) is 20.6 Å². The number of nitrogens with zero attached hydrogens (tertiary/aromatic N) is 3. The van der Waals surface area contributed by atoms with Crippen molar-refractivity contribution < 1.29 is 19.4 Å². The number of nitrogens with one attached hydrogen (secondary N) is 2. The van der Waals surface area contributed by atoms with Gasteiger partial charge < -0.3 is 14.6 Å². The molecular formula is C18H15N5O4S2. The zero-order valence-electron chi connectivity index (χ0n) is 15.3. The summed E-state index contributed by atoms with van der Waals surface area (Å²) >= 11 is 2.74. The van der Waals surface area contributed by atoms with Crippen LogP contribution in [0.3, 0.4) is 0 Å². The van der Waals surface area contributed by atoms with Gasteiger partial charge in [-0.05, 0) is 40.8 Å². The molecule has 0 aliphatic carbocycles. The summed E-state index contributed by atoms with van der Waals surface area (Å²) in [7, 11) is 3.13. The van der Waals surface area contributed by atoms with Crippen LogP contribution in [0, 0.1) is 0 Å². The van der Waals surface area contributed by atoms with Gasteiger partial charge in [0.1, 0.15) is 10.6 Å². The number of fused-ring (bicyclic) bond motifs is 1. The Morgan fingerprint density at radius 2 is 1.90 bits per heavy atom. The summed E-state index contributed by atoms with van der Waals surface area (Å²) in [6.07, 6.45) is 0. The number of anilines is 1. The van der Waals surface area contributed by atoms with Gasteiger partial charge in [-0.3, -0.25) is 10.1 Å². The summed E-state index contributed by atoms with van der Waals surface area (Å²) in [5.74, 6) is 1.13. The molecule has 0 saturated carbocycles. The minimum Gasteiger partial charge on any atom is -0.508 e. The molecule has 11 heteroatoms. The Bertz CT molecular complexity index is 1160. The molecule has 0 spiro atoms. The van der Waals surface area contributed by atoms with Crippen LogP contribution >= 0.6 is 23.1 Å². The Morgan fingerprint density at radius 3 is 2.55 bits per heavy atom. The van der Waals surface area contributed by atoms with E-state index in [-0.39, 0.29) is 17.6 Å². The first kappa shape index (κ1) is 19.0. The van der Waals surface area contributed by atoms with Gasteiger partial charge in [-0.15, -0.1) is 11.3 Å². The third-order valence-electron chi connectivity index (χ3n) is 3.99. The molecular weight excluding hydrogens is 414 g/mol. The SMILES string of the molecule is COc1cc2sc(C(=O)Nc3nnn[nH]3)c(Sc3ccc(O)cc3)c2cc1OC. The van der Waals surface area contributed by atoms with Crippen LogP contribution in [0.15, 0.2) is 46.2 Å². The number of rotatable bonds is 6. The molecule has 148 valence electrons. The molecule has 0 unspecified atom stereocenters. The molecule has 0 aliphatic heterocycles. The van der Waals surface area contributed by atoms with Crippen LogP contribution in [-0.4, -0.2) is 45.9 Å². The number of aromatic nitrogens is 4. The molecule has 2 aromatic carbocycles. The molecule has 2 heterocycles. The van der Waals surface area contributed by atoms with Gasteiger partial charge in [0.15, 0.2) is 11.5 Å². The summed E-state index contributed by atoms with van der Waals surface area (Å²) in [6.45, 7) is 0. The summed E-state index contributed by atoms with van der Waals surface area (Å²) in [6, 6.07) is 10.5. The highest BCUT2D eigenvalue weighted by atomic mass is 32.2. The number of tetrazole rings is 1. The quantitative estimate of drug-likeness (QED) is 0.425. The lowest BCUT2D eigenvalue weighted by Crippen LogP contribution is -2.12. The molecule has 1 amide bonds. The summed E-state index contributed by atoms with van der Waals surface area (Å²) < 4.78 is 11.7. The van der Waals surface area contributed by atoms with Crippen molar-refractivity contribution in [1.29, 1.82) is 0 Å². The van der Waals surface area contributed by atoms with E-state index in [0.29, 0.717) is 16.4 Å². The fraction of sp³-hybridized carbons (Fsp3) is 0.111. The van der Waals surface area contributed by atoms with Crippen LogP contribution in [0.5, 0.6) is 17.2 Å². The van der Waals surface area contributed by atoms with Crippen molar-refractivity contribution in [2.45, 2.75) is 9.79 Å². The second kappa shape index (κ2) is 7.97. The highest BCUT2D eigenvalue weighted by Gasteiger charge is 2.22. The summed E-state index contributed by atoms with van der Waals surface area (Å²) in [5.41, 5.74) is 0. The third-order valence-corrected chi connectivity index (χ3v) is 6.41. The van der Waals surface area contributed by atoms with Gasteiger partial charge in [0.25, 0.3) is 5.91 Å². The molecule has 4 aromatic rings. The number of methoxy groups -OCH3 is 2. The molecule has 9 nitrogen and oxygen atoms in total. The lowest BCUT2D eigenvalue weighted by Gasteiger charge is -2.08. The van der Waals surface area contributed by atoms with Gasteiger partial charge in [0, 0.05) is 25.9 Å². The minimum atomic E-state index is -0.344. The second-order valence-electron chi connectivity index (χ2n) is 5.76. The zero-order chi connectivity index (χ0) is 20.4. The Kier molecular flexibility index (Phi) is 5.23. The Labute approximate surface area is 173 Å². The van der Waals surface area contributed by atoms with Gasteiger partial charge in [-0.25, -0.2) is 5.10 Å². The van der Waals surface area contributed by atoms with Gasteiger partial charge in [-0.2, -0.15) is 0 Å². The number of hydrogen-bond donors (Lipinski definition) is 3. The zero-order valence-corrected chi connectivity index (χ0v) is 16.9. The molecule has 0 atom stereocenters. The average molecular weight is 429 g/mol. The largest absolute Gasteiger partial charge is 0.508 e. The van der Waals surface area contributed by atoms with Crippen molar-refractivity contribution in [2.75, 3.05) is 19.5 Å². The number of phenols is 1. The lowest BCUT2D eigenvalue weighted by molar-refractivity contribution is 0.102. The van der Waals surface area contributed by atoms with Gasteiger partial charge in [-0.1, -0.05) is 16.9 Å². The minimum absolute atomic E-state index is 0.156. The molecule has 0 saturated heterocycles. The standard InChI is InChI=1S/C18H15N5O4S2/c1-26-12-7-11-14(8-13(12)27-2)29-16(17(25)19-18-20-22-23-21-18)15(11)28-10-5-3-9(24)4-6-10/h3-8,24H,1-2H3,(H2,19,20,21,22,23,25). The molecule has 29 heavy (non-hydrogen) atoms. The Morgan fingerprint density at radius 1 is 1.17 bits per heavy atom. The number of aromatic hydroxyl groups is 1. The van der Waals surface area contributed by atoms with Crippen molar-refractivity contribution >= 4 is 45.0 Å². The van der Waals surface area contributed by atoms with E-state index in [1.54, 1.807) is 38.5 Å². The number of aromatic amines is 1. The van der Waals surface area contributed by atoms with Crippen LogP contribution in [0.25, 0.3) is 10.1 Å². The van der Waals surface area contributed by atoms with Crippen molar-refractivity contribution in [3.8, 4) is 17.2 Å². The van der Waals surface area contributed by atoms with Crippen molar-refractivity contribution in [2.24, 2.45) is 0 Å². The number of carbonyl (C=O) groups excluding carboxylic acids is 1.